The molecule has 1 unspecified atom stereocenters. The van der Waals surface area contributed by atoms with Crippen LogP contribution in [-0.2, 0) is 14.8 Å². The Balaban J connectivity index is 3.10. The molecule has 1 aromatic heterocycles. The minimum atomic E-state index is -4.14. The van der Waals surface area contributed by atoms with E-state index in [2.05, 4.69) is 0 Å². The molecule has 1 heterocycles. The summed E-state index contributed by atoms with van der Waals surface area (Å²) in [6.45, 7) is 1.13. The van der Waals surface area contributed by atoms with Gasteiger partial charge in [-0.3, -0.25) is 14.9 Å². The third kappa shape index (κ3) is 3.16. The predicted molar refractivity (Wildman–Crippen MR) is 63.4 cm³/mol. The smallest absolute Gasteiger partial charge is 0.321 e. The Morgan fingerprint density at radius 1 is 1.67 bits per heavy atom. The van der Waals surface area contributed by atoms with Crippen LogP contribution in [0.1, 0.15) is 6.92 Å². The Morgan fingerprint density at radius 2 is 2.22 bits per heavy atom. The number of aliphatic carboxylic acids is 1. The standard InChI is InChI=1S/C7H7ClN2O6S2/c1-3(7(11)12)9-18(15,16)5-2-4(10(13)14)6(8)17-5/h2-3,9H,1H3,(H,11,12). The molecule has 0 aliphatic heterocycles. The van der Waals surface area contributed by atoms with E-state index in [1.165, 1.54) is 0 Å². The quantitative estimate of drug-likeness (QED) is 0.618. The van der Waals surface area contributed by atoms with Crippen LogP contribution in [0.5, 0.6) is 0 Å². The normalized spacial score (nSPS) is 13.2. The van der Waals surface area contributed by atoms with E-state index in [1.54, 1.807) is 0 Å². The monoisotopic (exact) mass is 314 g/mol. The first-order valence-electron chi connectivity index (χ1n) is 4.34. The minimum absolute atomic E-state index is 0.289. The second kappa shape index (κ2) is 5.18. The molecule has 0 amide bonds. The Kier molecular flexibility index (Phi) is 4.27. The van der Waals surface area contributed by atoms with Gasteiger partial charge in [-0.05, 0) is 6.92 Å². The summed E-state index contributed by atoms with van der Waals surface area (Å²) < 4.78 is 24.5. The van der Waals surface area contributed by atoms with Crippen molar-refractivity contribution in [3.8, 4) is 0 Å². The Hall–Kier alpha value is -1.23. The summed E-state index contributed by atoms with van der Waals surface area (Å²) in [5.41, 5.74) is -0.537. The van der Waals surface area contributed by atoms with Gasteiger partial charge in [0.1, 0.15) is 10.3 Å². The molecule has 1 aromatic rings. The molecule has 0 aliphatic carbocycles. The lowest BCUT2D eigenvalue weighted by Crippen LogP contribution is -2.37. The van der Waals surface area contributed by atoms with Gasteiger partial charge in [0, 0.05) is 6.07 Å². The number of rotatable bonds is 5. The summed E-state index contributed by atoms with van der Waals surface area (Å²) >= 11 is 6.00. The van der Waals surface area contributed by atoms with Gasteiger partial charge in [0.2, 0.25) is 0 Å². The summed E-state index contributed by atoms with van der Waals surface area (Å²) in [4.78, 5) is 20.2. The number of carboxylic acid groups (broad SMARTS) is 1. The molecule has 18 heavy (non-hydrogen) atoms. The predicted octanol–water partition coefficient (Wildman–Crippen LogP) is 1.06. The molecular formula is C7H7ClN2O6S2. The molecule has 1 rings (SSSR count). The molecule has 0 radical (unpaired) electrons. The van der Waals surface area contributed by atoms with Gasteiger partial charge in [-0.2, -0.15) is 4.72 Å². The lowest BCUT2D eigenvalue weighted by molar-refractivity contribution is -0.384. The first-order chi connectivity index (χ1) is 8.15. The molecule has 0 bridgehead atoms. The highest BCUT2D eigenvalue weighted by molar-refractivity contribution is 7.91. The van der Waals surface area contributed by atoms with Crippen molar-refractivity contribution in [3.05, 3.63) is 20.5 Å². The summed E-state index contributed by atoms with van der Waals surface area (Å²) in [6, 6.07) is -0.570. The molecule has 8 nitrogen and oxygen atoms in total. The van der Waals surface area contributed by atoms with Crippen LogP contribution in [0.4, 0.5) is 5.69 Å². The molecule has 0 spiro atoms. The number of halogens is 1. The summed E-state index contributed by atoms with van der Waals surface area (Å²) in [6.07, 6.45) is 0. The topological polar surface area (TPSA) is 127 Å². The highest BCUT2D eigenvalue weighted by Gasteiger charge is 2.27. The van der Waals surface area contributed by atoms with Gasteiger partial charge >= 0.3 is 5.97 Å². The zero-order valence-electron chi connectivity index (χ0n) is 8.78. The van der Waals surface area contributed by atoms with Crippen LogP contribution < -0.4 is 4.72 Å². The van der Waals surface area contributed by atoms with Crippen molar-refractivity contribution in [2.24, 2.45) is 0 Å². The third-order valence-corrected chi connectivity index (χ3v) is 5.16. The van der Waals surface area contributed by atoms with E-state index in [1.807, 2.05) is 4.72 Å². The lowest BCUT2D eigenvalue weighted by Gasteiger charge is -2.07. The van der Waals surface area contributed by atoms with E-state index >= 15 is 0 Å². The molecule has 0 aromatic carbocycles. The molecule has 0 aliphatic rings. The van der Waals surface area contributed by atoms with E-state index in [4.69, 9.17) is 16.7 Å². The number of nitro groups is 1. The number of thiophene rings is 1. The number of carboxylic acids is 1. The first kappa shape index (κ1) is 14.8. The van der Waals surface area contributed by atoms with Gasteiger partial charge in [-0.25, -0.2) is 8.42 Å². The summed E-state index contributed by atoms with van der Waals surface area (Å²) in [5, 5.41) is 19.1. The number of hydrogen-bond donors (Lipinski definition) is 2. The summed E-state index contributed by atoms with van der Waals surface area (Å²) in [5.74, 6) is -1.37. The van der Waals surface area contributed by atoms with Crippen LogP contribution in [0.15, 0.2) is 10.3 Å². The van der Waals surface area contributed by atoms with Crippen molar-refractivity contribution < 1.29 is 23.2 Å². The first-order valence-corrected chi connectivity index (χ1v) is 7.01. The maximum Gasteiger partial charge on any atom is 0.321 e. The number of nitrogens with zero attached hydrogens (tertiary/aromatic N) is 1. The van der Waals surface area contributed by atoms with Gasteiger partial charge in [-0.15, -0.1) is 11.3 Å². The maximum atomic E-state index is 11.7. The van der Waals surface area contributed by atoms with E-state index < -0.39 is 36.9 Å². The second-order valence-corrected chi connectivity index (χ2v) is 6.76. The molecule has 2 N–H and O–H groups in total. The van der Waals surface area contributed by atoms with Crippen LogP contribution >= 0.6 is 22.9 Å². The molecule has 1 atom stereocenters. The van der Waals surface area contributed by atoms with Crippen LogP contribution in [0, 0.1) is 10.1 Å². The zero-order chi connectivity index (χ0) is 14.1. The SMILES string of the molecule is CC(NS(=O)(=O)c1cc([N+](=O)[O-])c(Cl)s1)C(=O)O. The number of carbonyl (C=O) groups is 1. The van der Waals surface area contributed by atoms with E-state index in [0.717, 1.165) is 13.0 Å². The molecule has 0 saturated heterocycles. The van der Waals surface area contributed by atoms with Crippen molar-refractivity contribution >= 4 is 44.6 Å². The average Bonchev–Trinajstić information content (AvgIpc) is 2.60. The Bertz CT molecular complexity index is 595. The lowest BCUT2D eigenvalue weighted by atomic mass is 10.4. The van der Waals surface area contributed by atoms with Gasteiger partial charge in [0.05, 0.1) is 4.92 Å². The highest BCUT2D eigenvalue weighted by atomic mass is 35.5. The minimum Gasteiger partial charge on any atom is -0.480 e. The van der Waals surface area contributed by atoms with Crippen LogP contribution in [-0.4, -0.2) is 30.5 Å². The van der Waals surface area contributed by atoms with Gasteiger partial charge in [0.15, 0.2) is 4.34 Å². The van der Waals surface area contributed by atoms with Crippen molar-refractivity contribution in [2.45, 2.75) is 17.2 Å². The van der Waals surface area contributed by atoms with Gasteiger partial charge < -0.3 is 5.11 Å². The van der Waals surface area contributed by atoms with Gasteiger partial charge in [0.25, 0.3) is 15.7 Å². The van der Waals surface area contributed by atoms with Gasteiger partial charge in [-0.1, -0.05) is 11.6 Å². The highest BCUT2D eigenvalue weighted by Crippen LogP contribution is 2.36. The van der Waals surface area contributed by atoms with Crippen LogP contribution in [0.25, 0.3) is 0 Å². The Morgan fingerprint density at radius 3 is 2.61 bits per heavy atom. The molecular weight excluding hydrogens is 308 g/mol. The maximum absolute atomic E-state index is 11.7. The van der Waals surface area contributed by atoms with Crippen LogP contribution in [0.3, 0.4) is 0 Å². The molecule has 0 saturated carbocycles. The third-order valence-electron chi connectivity index (χ3n) is 1.81. The average molecular weight is 315 g/mol. The van der Waals surface area contributed by atoms with E-state index in [0.29, 0.717) is 11.3 Å². The van der Waals surface area contributed by atoms with E-state index in [-0.39, 0.29) is 4.34 Å². The number of sulfonamides is 1. The fourth-order valence-electron chi connectivity index (χ4n) is 0.937. The van der Waals surface area contributed by atoms with Crippen LogP contribution in [0.2, 0.25) is 4.34 Å². The van der Waals surface area contributed by atoms with E-state index in [9.17, 15) is 23.3 Å². The van der Waals surface area contributed by atoms with Crippen molar-refractivity contribution in [2.75, 3.05) is 0 Å². The Labute approximate surface area is 110 Å². The van der Waals surface area contributed by atoms with Crippen molar-refractivity contribution in [1.82, 2.24) is 4.72 Å². The second-order valence-electron chi connectivity index (χ2n) is 3.16. The summed E-state index contributed by atoms with van der Waals surface area (Å²) in [7, 11) is -4.14. The fourth-order valence-corrected chi connectivity index (χ4v) is 3.81. The fraction of sp³-hybridized carbons (Fsp3) is 0.286. The molecule has 100 valence electrons. The molecule has 11 heteroatoms. The molecule has 0 fully saturated rings. The largest absolute Gasteiger partial charge is 0.480 e. The van der Waals surface area contributed by atoms with Crippen molar-refractivity contribution in [3.63, 3.8) is 0 Å². The number of hydrogen-bond acceptors (Lipinski definition) is 6. The number of nitrogens with one attached hydrogen (secondary N) is 1. The van der Waals surface area contributed by atoms with Crippen molar-refractivity contribution in [1.29, 1.82) is 0 Å². The zero-order valence-corrected chi connectivity index (χ0v) is 11.2.